The van der Waals surface area contributed by atoms with Crippen LogP contribution in [0.1, 0.15) is 60.6 Å². The molecule has 2 aromatic heterocycles. The van der Waals surface area contributed by atoms with Crippen molar-refractivity contribution in [3.05, 3.63) is 46.5 Å². The Hall–Kier alpha value is -2.85. The minimum atomic E-state index is -0.305. The van der Waals surface area contributed by atoms with Gasteiger partial charge in [0.2, 0.25) is 0 Å². The van der Waals surface area contributed by atoms with Crippen molar-refractivity contribution >= 4 is 11.7 Å². The van der Waals surface area contributed by atoms with Crippen molar-refractivity contribution in [1.29, 1.82) is 5.26 Å². The van der Waals surface area contributed by atoms with Crippen molar-refractivity contribution in [2.75, 3.05) is 31.1 Å². The van der Waals surface area contributed by atoms with Crippen LogP contribution in [0.2, 0.25) is 0 Å². The normalized spacial score (nSPS) is 18.1. The highest BCUT2D eigenvalue weighted by Crippen LogP contribution is 2.36. The first-order chi connectivity index (χ1) is 14.8. The number of carbonyl (C=O) groups excluding carboxylic acids is 1. The van der Waals surface area contributed by atoms with Crippen LogP contribution in [-0.2, 0) is 24.2 Å². The fourth-order valence-electron chi connectivity index (χ4n) is 4.40. The van der Waals surface area contributed by atoms with Crippen molar-refractivity contribution < 1.29 is 13.9 Å². The van der Waals surface area contributed by atoms with E-state index in [1.54, 1.807) is 17.0 Å². The van der Waals surface area contributed by atoms with Gasteiger partial charge in [-0.2, -0.15) is 5.26 Å². The molecule has 0 atom stereocenters. The molecule has 1 amide bonds. The fourth-order valence-corrected chi connectivity index (χ4v) is 4.40. The monoisotopic (exact) mass is 422 g/mol. The predicted octanol–water partition coefficient (Wildman–Crippen LogP) is 3.56. The van der Waals surface area contributed by atoms with Crippen LogP contribution < -0.4 is 4.90 Å². The Morgan fingerprint density at radius 1 is 1.26 bits per heavy atom. The van der Waals surface area contributed by atoms with Gasteiger partial charge in [0.25, 0.3) is 5.91 Å². The summed E-state index contributed by atoms with van der Waals surface area (Å²) in [7, 11) is 0. The molecule has 0 radical (unpaired) electrons. The molecule has 7 nitrogen and oxygen atoms in total. The van der Waals surface area contributed by atoms with Gasteiger partial charge < -0.3 is 19.0 Å². The molecule has 4 rings (SSSR count). The molecule has 1 fully saturated rings. The number of furan rings is 1. The number of aromatic nitrogens is 1. The molecule has 0 spiro atoms. The summed E-state index contributed by atoms with van der Waals surface area (Å²) >= 11 is 0. The van der Waals surface area contributed by atoms with E-state index < -0.39 is 0 Å². The van der Waals surface area contributed by atoms with E-state index in [-0.39, 0.29) is 11.5 Å². The van der Waals surface area contributed by atoms with E-state index in [2.05, 4.69) is 38.7 Å². The molecule has 0 N–H and O–H groups in total. The molecular weight excluding hydrogens is 392 g/mol. The Labute approximate surface area is 183 Å². The van der Waals surface area contributed by atoms with Gasteiger partial charge in [-0.05, 0) is 43.9 Å². The number of carbonyl (C=O) groups is 1. The lowest BCUT2D eigenvalue weighted by atomic mass is 9.86. The van der Waals surface area contributed by atoms with Crippen LogP contribution in [-0.4, -0.2) is 47.6 Å². The summed E-state index contributed by atoms with van der Waals surface area (Å²) in [5.74, 6) is 1.47. The zero-order valence-electron chi connectivity index (χ0n) is 18.8. The third-order valence-corrected chi connectivity index (χ3v) is 6.00. The minimum Gasteiger partial charge on any atom is -0.459 e. The standard InChI is InChI=1S/C24H30N4O3/c1-16(2)12-20-19-15-31-24(3,4)13-17(19)18(14-25)22(26-20)27-7-9-28(10-8-27)23(29)21-6-5-11-30-21/h5-6,11,16H,7-10,12-13,15H2,1-4H3. The van der Waals surface area contributed by atoms with Crippen LogP contribution in [0.3, 0.4) is 0 Å². The van der Waals surface area contributed by atoms with E-state index in [0.29, 0.717) is 56.4 Å². The fraction of sp³-hybridized carbons (Fsp3) is 0.542. The van der Waals surface area contributed by atoms with E-state index >= 15 is 0 Å². The summed E-state index contributed by atoms with van der Waals surface area (Å²) in [6, 6.07) is 5.85. The molecular formula is C24H30N4O3. The molecule has 2 aliphatic rings. The summed E-state index contributed by atoms with van der Waals surface area (Å²) in [5.41, 5.74) is 3.54. The van der Waals surface area contributed by atoms with Gasteiger partial charge in [0.15, 0.2) is 5.76 Å². The van der Waals surface area contributed by atoms with Gasteiger partial charge in [-0.1, -0.05) is 13.8 Å². The number of nitriles is 1. The summed E-state index contributed by atoms with van der Waals surface area (Å²) in [6.07, 6.45) is 3.06. The first kappa shape index (κ1) is 21.4. The molecule has 7 heteroatoms. The number of piperazine rings is 1. The number of ether oxygens (including phenoxy) is 1. The molecule has 0 saturated carbocycles. The van der Waals surface area contributed by atoms with Crippen molar-refractivity contribution in [2.24, 2.45) is 5.92 Å². The zero-order chi connectivity index (χ0) is 22.2. The number of pyridine rings is 1. The lowest BCUT2D eigenvalue weighted by molar-refractivity contribution is -0.0407. The first-order valence-electron chi connectivity index (χ1n) is 11.0. The lowest BCUT2D eigenvalue weighted by Crippen LogP contribution is -2.49. The largest absolute Gasteiger partial charge is 0.459 e. The first-order valence-corrected chi connectivity index (χ1v) is 11.0. The second-order valence-electron chi connectivity index (χ2n) is 9.41. The molecule has 1 saturated heterocycles. The maximum atomic E-state index is 12.6. The van der Waals surface area contributed by atoms with Crippen molar-refractivity contribution in [3.63, 3.8) is 0 Å². The maximum absolute atomic E-state index is 12.6. The van der Waals surface area contributed by atoms with Gasteiger partial charge in [-0.25, -0.2) is 4.98 Å². The maximum Gasteiger partial charge on any atom is 0.289 e. The van der Waals surface area contributed by atoms with Crippen LogP contribution >= 0.6 is 0 Å². The lowest BCUT2D eigenvalue weighted by Gasteiger charge is -2.38. The van der Waals surface area contributed by atoms with Crippen LogP contribution in [0, 0.1) is 17.2 Å². The van der Waals surface area contributed by atoms with E-state index in [1.807, 2.05) is 0 Å². The quantitative estimate of drug-likeness (QED) is 0.749. The zero-order valence-corrected chi connectivity index (χ0v) is 18.8. The van der Waals surface area contributed by atoms with E-state index in [4.69, 9.17) is 14.1 Å². The molecule has 0 unspecified atom stereocenters. The van der Waals surface area contributed by atoms with Gasteiger partial charge in [0.05, 0.1) is 24.0 Å². The van der Waals surface area contributed by atoms with Crippen molar-refractivity contribution in [3.8, 4) is 6.07 Å². The minimum absolute atomic E-state index is 0.0945. The molecule has 31 heavy (non-hydrogen) atoms. The van der Waals surface area contributed by atoms with Crippen LogP contribution in [0.25, 0.3) is 0 Å². The second kappa shape index (κ2) is 8.35. The number of hydrogen-bond acceptors (Lipinski definition) is 6. The van der Waals surface area contributed by atoms with Crippen LogP contribution in [0.15, 0.2) is 22.8 Å². The molecule has 0 aromatic carbocycles. The Morgan fingerprint density at radius 3 is 2.61 bits per heavy atom. The number of rotatable bonds is 4. The molecule has 0 aliphatic carbocycles. The average molecular weight is 423 g/mol. The van der Waals surface area contributed by atoms with Gasteiger partial charge >= 0.3 is 0 Å². The third kappa shape index (κ3) is 4.31. The van der Waals surface area contributed by atoms with E-state index in [1.165, 1.54) is 6.26 Å². The summed E-state index contributed by atoms with van der Waals surface area (Å²) in [6.45, 7) is 11.4. The van der Waals surface area contributed by atoms with Crippen LogP contribution in [0.5, 0.6) is 0 Å². The number of nitrogens with zero attached hydrogens (tertiary/aromatic N) is 4. The van der Waals surface area contributed by atoms with Gasteiger partial charge in [0, 0.05) is 43.9 Å². The molecule has 2 aliphatic heterocycles. The molecule has 164 valence electrons. The molecule has 2 aromatic rings. The smallest absolute Gasteiger partial charge is 0.289 e. The molecule has 4 heterocycles. The Morgan fingerprint density at radius 2 is 2.00 bits per heavy atom. The second-order valence-corrected chi connectivity index (χ2v) is 9.41. The predicted molar refractivity (Wildman–Crippen MR) is 117 cm³/mol. The van der Waals surface area contributed by atoms with E-state index in [9.17, 15) is 10.1 Å². The topological polar surface area (TPSA) is 82.6 Å². The SMILES string of the molecule is CC(C)Cc1nc(N2CCN(C(=O)c3ccco3)CC2)c(C#N)c2c1COC(C)(C)C2. The highest BCUT2D eigenvalue weighted by atomic mass is 16.5. The third-order valence-electron chi connectivity index (χ3n) is 6.00. The number of anilines is 1. The Kier molecular flexibility index (Phi) is 5.76. The van der Waals surface area contributed by atoms with Crippen molar-refractivity contribution in [1.82, 2.24) is 9.88 Å². The Balaban J connectivity index is 1.64. The average Bonchev–Trinajstić information content (AvgIpc) is 3.27. The van der Waals surface area contributed by atoms with Gasteiger partial charge in [-0.15, -0.1) is 0 Å². The van der Waals surface area contributed by atoms with Gasteiger partial charge in [-0.3, -0.25) is 4.79 Å². The van der Waals surface area contributed by atoms with Gasteiger partial charge in [0.1, 0.15) is 11.9 Å². The van der Waals surface area contributed by atoms with E-state index in [0.717, 1.165) is 29.1 Å². The summed E-state index contributed by atoms with van der Waals surface area (Å²) in [4.78, 5) is 21.5. The molecule has 0 bridgehead atoms. The number of amides is 1. The highest BCUT2D eigenvalue weighted by Gasteiger charge is 2.34. The summed E-state index contributed by atoms with van der Waals surface area (Å²) < 4.78 is 11.3. The summed E-state index contributed by atoms with van der Waals surface area (Å²) in [5, 5.41) is 10.1. The Bertz CT molecular complexity index is 997. The van der Waals surface area contributed by atoms with Crippen LogP contribution in [0.4, 0.5) is 5.82 Å². The number of hydrogen-bond donors (Lipinski definition) is 0. The number of fused-ring (bicyclic) bond motifs is 1. The highest BCUT2D eigenvalue weighted by molar-refractivity contribution is 5.91. The van der Waals surface area contributed by atoms with Crippen molar-refractivity contribution in [2.45, 2.75) is 52.7 Å².